The van der Waals surface area contributed by atoms with E-state index in [2.05, 4.69) is 0 Å². The van der Waals surface area contributed by atoms with E-state index in [9.17, 15) is 13.2 Å². The predicted octanol–water partition coefficient (Wildman–Crippen LogP) is 4.55. The van der Waals surface area contributed by atoms with Gasteiger partial charge in [-0.1, -0.05) is 25.1 Å². The lowest BCUT2D eigenvalue weighted by molar-refractivity contribution is -0.138. The summed E-state index contributed by atoms with van der Waals surface area (Å²) >= 11 is 0. The molecule has 0 amide bonds. The minimum atomic E-state index is -4.52. The number of halogens is 3. The highest BCUT2D eigenvalue weighted by atomic mass is 19.4. The Morgan fingerprint density at radius 1 is 1.00 bits per heavy atom. The first kappa shape index (κ1) is 15.4. The van der Waals surface area contributed by atoms with Gasteiger partial charge < -0.3 is 9.84 Å². The van der Waals surface area contributed by atoms with Crippen molar-refractivity contribution in [2.45, 2.75) is 26.1 Å². The van der Waals surface area contributed by atoms with Gasteiger partial charge in [0.1, 0.15) is 11.5 Å². The van der Waals surface area contributed by atoms with E-state index in [0.717, 1.165) is 18.1 Å². The van der Waals surface area contributed by atoms with Crippen LogP contribution in [0, 0.1) is 0 Å². The van der Waals surface area contributed by atoms with Gasteiger partial charge in [-0.05, 0) is 41.8 Å². The van der Waals surface area contributed by atoms with Crippen molar-refractivity contribution in [1.82, 2.24) is 0 Å². The molecular weight excluding hydrogens is 281 g/mol. The van der Waals surface area contributed by atoms with Crippen molar-refractivity contribution in [3.05, 3.63) is 59.2 Å². The highest BCUT2D eigenvalue weighted by Gasteiger charge is 2.33. The molecule has 2 aromatic carbocycles. The SMILES string of the molecule is CCc1ccc(Oc2ccc(CO)c(C(F)(F)F)c2)cc1. The normalized spacial score (nSPS) is 11.5. The third kappa shape index (κ3) is 3.76. The van der Waals surface area contributed by atoms with Gasteiger partial charge in [0.15, 0.2) is 0 Å². The molecule has 112 valence electrons. The Balaban J connectivity index is 2.27. The lowest BCUT2D eigenvalue weighted by Gasteiger charge is -2.14. The summed E-state index contributed by atoms with van der Waals surface area (Å²) in [6.07, 6.45) is -3.65. The predicted molar refractivity (Wildman–Crippen MR) is 73.3 cm³/mol. The molecule has 0 saturated heterocycles. The highest BCUT2D eigenvalue weighted by Crippen LogP contribution is 2.35. The quantitative estimate of drug-likeness (QED) is 0.896. The minimum absolute atomic E-state index is 0.0868. The summed E-state index contributed by atoms with van der Waals surface area (Å²) in [5.74, 6) is 0.556. The van der Waals surface area contributed by atoms with E-state index in [4.69, 9.17) is 9.84 Å². The Hall–Kier alpha value is -2.01. The van der Waals surface area contributed by atoms with Crippen LogP contribution in [-0.2, 0) is 19.2 Å². The fourth-order valence-electron chi connectivity index (χ4n) is 1.95. The molecule has 0 saturated carbocycles. The van der Waals surface area contributed by atoms with Crippen LogP contribution in [0.25, 0.3) is 0 Å². The zero-order valence-corrected chi connectivity index (χ0v) is 11.4. The molecule has 0 aliphatic rings. The number of aliphatic hydroxyl groups is 1. The Labute approximate surface area is 120 Å². The van der Waals surface area contributed by atoms with Crippen LogP contribution in [0.4, 0.5) is 13.2 Å². The second kappa shape index (κ2) is 6.18. The summed E-state index contributed by atoms with van der Waals surface area (Å²) in [6, 6.07) is 10.7. The van der Waals surface area contributed by atoms with Gasteiger partial charge in [0.2, 0.25) is 0 Å². The van der Waals surface area contributed by atoms with E-state index >= 15 is 0 Å². The minimum Gasteiger partial charge on any atom is -0.457 e. The first-order valence-corrected chi connectivity index (χ1v) is 6.52. The van der Waals surface area contributed by atoms with Crippen LogP contribution in [0.2, 0.25) is 0 Å². The maximum atomic E-state index is 12.9. The second-order valence-corrected chi connectivity index (χ2v) is 4.57. The number of hydrogen-bond acceptors (Lipinski definition) is 2. The van der Waals surface area contributed by atoms with Crippen LogP contribution in [0.15, 0.2) is 42.5 Å². The standard InChI is InChI=1S/C16H15F3O2/c1-2-11-3-6-13(7-4-11)21-14-8-5-12(10-20)15(9-14)16(17,18)19/h3-9,20H,2,10H2,1H3. The third-order valence-electron chi connectivity index (χ3n) is 3.12. The molecule has 21 heavy (non-hydrogen) atoms. The molecule has 1 N–H and O–H groups in total. The highest BCUT2D eigenvalue weighted by molar-refractivity contribution is 5.40. The van der Waals surface area contributed by atoms with E-state index in [-0.39, 0.29) is 11.3 Å². The number of alkyl halides is 3. The average molecular weight is 296 g/mol. The molecule has 5 heteroatoms. The van der Waals surface area contributed by atoms with E-state index in [1.54, 1.807) is 12.1 Å². The number of aryl methyl sites for hydroxylation is 1. The molecule has 0 heterocycles. The van der Waals surface area contributed by atoms with E-state index in [1.807, 2.05) is 19.1 Å². The summed E-state index contributed by atoms with van der Waals surface area (Å²) < 4.78 is 44.1. The fraction of sp³-hybridized carbons (Fsp3) is 0.250. The first-order chi connectivity index (χ1) is 9.94. The fourth-order valence-corrected chi connectivity index (χ4v) is 1.95. The second-order valence-electron chi connectivity index (χ2n) is 4.57. The Bertz CT molecular complexity index is 604. The van der Waals surface area contributed by atoms with Crippen LogP contribution >= 0.6 is 0 Å². The van der Waals surface area contributed by atoms with Crippen molar-refractivity contribution >= 4 is 0 Å². The summed E-state index contributed by atoms with van der Waals surface area (Å²) in [5.41, 5.74) is 0.0674. The monoisotopic (exact) mass is 296 g/mol. The topological polar surface area (TPSA) is 29.5 Å². The van der Waals surface area contributed by atoms with Crippen molar-refractivity contribution in [3.63, 3.8) is 0 Å². The van der Waals surface area contributed by atoms with E-state index in [0.29, 0.717) is 5.75 Å². The van der Waals surface area contributed by atoms with Gasteiger partial charge in [-0.15, -0.1) is 0 Å². The van der Waals surface area contributed by atoms with Gasteiger partial charge in [0.05, 0.1) is 12.2 Å². The van der Waals surface area contributed by atoms with Gasteiger partial charge in [0, 0.05) is 0 Å². The molecule has 2 rings (SSSR count). The van der Waals surface area contributed by atoms with Crippen molar-refractivity contribution in [2.75, 3.05) is 0 Å². The van der Waals surface area contributed by atoms with Crippen molar-refractivity contribution < 1.29 is 23.0 Å². The molecule has 0 aliphatic carbocycles. The van der Waals surface area contributed by atoms with Gasteiger partial charge >= 0.3 is 6.18 Å². The molecule has 0 fully saturated rings. The first-order valence-electron chi connectivity index (χ1n) is 6.52. The van der Waals surface area contributed by atoms with Crippen molar-refractivity contribution in [2.24, 2.45) is 0 Å². The molecule has 0 unspecified atom stereocenters. The number of hydrogen-bond donors (Lipinski definition) is 1. The third-order valence-corrected chi connectivity index (χ3v) is 3.12. The van der Waals surface area contributed by atoms with Crippen LogP contribution in [-0.4, -0.2) is 5.11 Å². The zero-order valence-electron chi connectivity index (χ0n) is 11.4. The maximum absolute atomic E-state index is 12.9. The number of aliphatic hydroxyl groups excluding tert-OH is 1. The molecule has 2 nitrogen and oxygen atoms in total. The molecule has 0 radical (unpaired) electrons. The molecular formula is C16H15F3O2. The molecule has 0 aliphatic heterocycles. The Morgan fingerprint density at radius 2 is 1.62 bits per heavy atom. The Morgan fingerprint density at radius 3 is 2.14 bits per heavy atom. The largest absolute Gasteiger partial charge is 0.457 e. The Kier molecular flexibility index (Phi) is 4.53. The van der Waals surface area contributed by atoms with Crippen molar-refractivity contribution in [3.8, 4) is 11.5 Å². The van der Waals surface area contributed by atoms with Crippen molar-refractivity contribution in [1.29, 1.82) is 0 Å². The maximum Gasteiger partial charge on any atom is 0.416 e. The molecule has 2 aromatic rings. The van der Waals surface area contributed by atoms with Gasteiger partial charge in [0.25, 0.3) is 0 Å². The summed E-state index contributed by atoms with van der Waals surface area (Å²) in [7, 11) is 0. The van der Waals surface area contributed by atoms with Crippen LogP contribution in [0.5, 0.6) is 11.5 Å². The number of benzene rings is 2. The van der Waals surface area contributed by atoms with Crippen LogP contribution in [0.1, 0.15) is 23.6 Å². The summed E-state index contributed by atoms with van der Waals surface area (Å²) in [5, 5.41) is 8.98. The number of rotatable bonds is 4. The number of ether oxygens (including phenoxy) is 1. The molecule has 0 spiro atoms. The smallest absolute Gasteiger partial charge is 0.416 e. The molecule has 0 aromatic heterocycles. The summed E-state index contributed by atoms with van der Waals surface area (Å²) in [4.78, 5) is 0. The lowest BCUT2D eigenvalue weighted by atomic mass is 10.1. The van der Waals surface area contributed by atoms with E-state index in [1.165, 1.54) is 12.1 Å². The van der Waals surface area contributed by atoms with Gasteiger partial charge in [-0.2, -0.15) is 13.2 Å². The molecule has 0 bridgehead atoms. The van der Waals surface area contributed by atoms with Gasteiger partial charge in [-0.25, -0.2) is 0 Å². The summed E-state index contributed by atoms with van der Waals surface area (Å²) in [6.45, 7) is 1.35. The average Bonchev–Trinajstić information content (AvgIpc) is 2.47. The molecule has 0 atom stereocenters. The van der Waals surface area contributed by atoms with Crippen LogP contribution < -0.4 is 4.74 Å². The zero-order chi connectivity index (χ0) is 15.5. The van der Waals surface area contributed by atoms with Gasteiger partial charge in [-0.3, -0.25) is 0 Å². The van der Waals surface area contributed by atoms with Crippen LogP contribution in [0.3, 0.4) is 0 Å². The van der Waals surface area contributed by atoms with E-state index < -0.39 is 18.3 Å². The lowest BCUT2D eigenvalue weighted by Crippen LogP contribution is -2.09.